The van der Waals surface area contributed by atoms with Crippen molar-refractivity contribution in [1.82, 2.24) is 14.9 Å². The first-order chi connectivity index (χ1) is 12.2. The molecule has 25 heavy (non-hydrogen) atoms. The zero-order valence-electron chi connectivity index (χ0n) is 13.4. The van der Waals surface area contributed by atoms with Crippen LogP contribution in [0.3, 0.4) is 0 Å². The predicted molar refractivity (Wildman–Crippen MR) is 92.4 cm³/mol. The molecule has 2 aromatic heterocycles. The van der Waals surface area contributed by atoms with Gasteiger partial charge in [-0.05, 0) is 31.8 Å². The van der Waals surface area contributed by atoms with Crippen LogP contribution in [0, 0.1) is 10.8 Å². The van der Waals surface area contributed by atoms with E-state index in [1.54, 1.807) is 6.20 Å². The maximum atomic E-state index is 13.1. The summed E-state index contributed by atoms with van der Waals surface area (Å²) < 4.78 is 31.9. The van der Waals surface area contributed by atoms with Crippen LogP contribution in [0.5, 0.6) is 5.19 Å². The molecule has 1 atom stereocenters. The fourth-order valence-electron chi connectivity index (χ4n) is 3.01. The third kappa shape index (κ3) is 4.56. The van der Waals surface area contributed by atoms with Gasteiger partial charge in [-0.2, -0.15) is 4.91 Å². The number of likely N-dealkylation sites (tertiary alicyclic amines) is 1. The third-order valence-corrected chi connectivity index (χ3v) is 5.95. The SMILES string of the molecule is O=NCC(c1scnc1C(F)F)N1CCC(COc2nccs2)CC1. The minimum atomic E-state index is -2.64. The van der Waals surface area contributed by atoms with Crippen molar-refractivity contribution in [2.75, 3.05) is 26.2 Å². The molecule has 0 saturated carbocycles. The van der Waals surface area contributed by atoms with Crippen LogP contribution >= 0.6 is 22.7 Å². The molecule has 0 N–H and O–H groups in total. The summed E-state index contributed by atoms with van der Waals surface area (Å²) in [6.07, 6.45) is 0.821. The zero-order valence-corrected chi connectivity index (χ0v) is 15.0. The number of halogens is 2. The number of alkyl halides is 2. The van der Waals surface area contributed by atoms with Gasteiger partial charge in [-0.3, -0.25) is 4.90 Å². The van der Waals surface area contributed by atoms with Gasteiger partial charge in [0.15, 0.2) is 0 Å². The van der Waals surface area contributed by atoms with E-state index in [-0.39, 0.29) is 12.2 Å². The number of ether oxygens (including phenoxy) is 1. The molecule has 0 amide bonds. The molecule has 0 aliphatic carbocycles. The molecule has 0 radical (unpaired) electrons. The number of hydrogen-bond acceptors (Lipinski definition) is 8. The van der Waals surface area contributed by atoms with E-state index in [1.807, 2.05) is 5.38 Å². The second-order valence-corrected chi connectivity index (χ2v) is 7.56. The summed E-state index contributed by atoms with van der Waals surface area (Å²) in [6, 6.07) is -0.421. The van der Waals surface area contributed by atoms with E-state index in [4.69, 9.17) is 4.74 Å². The molecule has 1 unspecified atom stereocenters. The molecule has 2 aromatic rings. The fourth-order valence-corrected chi connectivity index (χ4v) is 4.43. The molecule has 1 fully saturated rings. The van der Waals surface area contributed by atoms with Crippen molar-refractivity contribution in [2.24, 2.45) is 11.1 Å². The number of nitroso groups, excluding NO2 is 1. The lowest BCUT2D eigenvalue weighted by Gasteiger charge is -2.36. The van der Waals surface area contributed by atoms with Gasteiger partial charge in [0.1, 0.15) is 12.2 Å². The van der Waals surface area contributed by atoms with Gasteiger partial charge in [0.05, 0.1) is 23.0 Å². The highest BCUT2D eigenvalue weighted by atomic mass is 32.1. The normalized spacial score (nSPS) is 17.7. The first-order valence-electron chi connectivity index (χ1n) is 7.96. The van der Waals surface area contributed by atoms with E-state index >= 15 is 0 Å². The summed E-state index contributed by atoms with van der Waals surface area (Å²) in [5.41, 5.74) is 1.18. The van der Waals surface area contributed by atoms with Crippen LogP contribution in [0.25, 0.3) is 0 Å². The van der Waals surface area contributed by atoms with Crippen LogP contribution in [-0.2, 0) is 0 Å². The maximum absolute atomic E-state index is 13.1. The lowest BCUT2D eigenvalue weighted by atomic mass is 9.96. The molecule has 1 aliphatic rings. The number of thiazole rings is 2. The minimum absolute atomic E-state index is 0.0395. The van der Waals surface area contributed by atoms with Gasteiger partial charge in [-0.15, -0.1) is 11.3 Å². The first-order valence-corrected chi connectivity index (χ1v) is 9.71. The summed E-state index contributed by atoms with van der Waals surface area (Å²) in [5, 5.41) is 5.50. The Kier molecular flexibility index (Phi) is 6.38. The van der Waals surface area contributed by atoms with Crippen molar-refractivity contribution in [3.63, 3.8) is 0 Å². The summed E-state index contributed by atoms with van der Waals surface area (Å²) in [7, 11) is 0. The van der Waals surface area contributed by atoms with Gasteiger partial charge in [0.2, 0.25) is 0 Å². The van der Waals surface area contributed by atoms with E-state index in [2.05, 4.69) is 20.0 Å². The number of rotatable bonds is 8. The van der Waals surface area contributed by atoms with Crippen LogP contribution in [0.4, 0.5) is 8.78 Å². The van der Waals surface area contributed by atoms with Gasteiger partial charge >= 0.3 is 0 Å². The van der Waals surface area contributed by atoms with E-state index < -0.39 is 12.5 Å². The molecular weight excluding hydrogens is 370 g/mol. The van der Waals surface area contributed by atoms with Crippen molar-refractivity contribution in [3.05, 3.63) is 32.6 Å². The maximum Gasteiger partial charge on any atom is 0.281 e. The van der Waals surface area contributed by atoms with E-state index in [0.29, 0.717) is 35.7 Å². The molecule has 0 aromatic carbocycles. The topological polar surface area (TPSA) is 67.7 Å². The van der Waals surface area contributed by atoms with E-state index in [1.165, 1.54) is 28.2 Å². The molecule has 136 valence electrons. The standard InChI is InChI=1S/C15H18F2N4O2S2/c16-14(17)12-13(25-9-19-12)11(7-20-22)21-4-1-10(2-5-21)8-23-15-18-3-6-24-15/h3,6,9-11,14H,1-2,4-5,7-8H2. The summed E-state index contributed by atoms with van der Waals surface area (Å²) in [6.45, 7) is 1.99. The zero-order chi connectivity index (χ0) is 17.6. The van der Waals surface area contributed by atoms with Gasteiger partial charge in [0, 0.05) is 11.6 Å². The Morgan fingerprint density at radius 1 is 1.32 bits per heavy atom. The van der Waals surface area contributed by atoms with Crippen LogP contribution in [0.15, 0.2) is 22.3 Å². The van der Waals surface area contributed by atoms with Crippen molar-refractivity contribution in [2.45, 2.75) is 25.3 Å². The van der Waals surface area contributed by atoms with Crippen LogP contribution in [-0.4, -0.2) is 41.1 Å². The number of hydrogen-bond donors (Lipinski definition) is 0. The van der Waals surface area contributed by atoms with Crippen molar-refractivity contribution >= 4 is 22.7 Å². The Labute approximate surface area is 151 Å². The molecule has 0 spiro atoms. The summed E-state index contributed by atoms with van der Waals surface area (Å²) in [5.74, 6) is 0.390. The molecule has 10 heteroatoms. The van der Waals surface area contributed by atoms with Crippen LogP contribution in [0.2, 0.25) is 0 Å². The van der Waals surface area contributed by atoms with Gasteiger partial charge in [0.25, 0.3) is 11.6 Å². The lowest BCUT2D eigenvalue weighted by Crippen LogP contribution is -2.39. The van der Waals surface area contributed by atoms with Crippen LogP contribution < -0.4 is 4.74 Å². The largest absolute Gasteiger partial charge is 0.470 e. The molecule has 3 rings (SSSR count). The van der Waals surface area contributed by atoms with Gasteiger partial charge in [-0.25, -0.2) is 18.7 Å². The van der Waals surface area contributed by atoms with Crippen LogP contribution in [0.1, 0.15) is 35.9 Å². The second-order valence-electron chi connectivity index (χ2n) is 5.82. The van der Waals surface area contributed by atoms with E-state index in [9.17, 15) is 13.7 Å². The van der Waals surface area contributed by atoms with Gasteiger partial charge in [-0.1, -0.05) is 16.5 Å². The average Bonchev–Trinajstić information content (AvgIpc) is 3.30. The molecule has 6 nitrogen and oxygen atoms in total. The highest BCUT2D eigenvalue weighted by molar-refractivity contribution is 7.11. The van der Waals surface area contributed by atoms with Crippen molar-refractivity contribution < 1.29 is 13.5 Å². The number of aromatic nitrogens is 2. The van der Waals surface area contributed by atoms with E-state index in [0.717, 1.165) is 12.8 Å². The third-order valence-electron chi connectivity index (χ3n) is 4.32. The van der Waals surface area contributed by atoms with Gasteiger partial charge < -0.3 is 4.74 Å². The first kappa shape index (κ1) is 18.3. The van der Waals surface area contributed by atoms with Crippen molar-refractivity contribution in [3.8, 4) is 5.19 Å². The smallest absolute Gasteiger partial charge is 0.281 e. The van der Waals surface area contributed by atoms with Crippen molar-refractivity contribution in [1.29, 1.82) is 0 Å². The second kappa shape index (κ2) is 8.72. The summed E-state index contributed by atoms with van der Waals surface area (Å²) >= 11 is 2.62. The monoisotopic (exact) mass is 388 g/mol. The Hall–Kier alpha value is -1.52. The quantitative estimate of drug-likeness (QED) is 0.636. The highest BCUT2D eigenvalue weighted by Crippen LogP contribution is 2.35. The predicted octanol–water partition coefficient (Wildman–Crippen LogP) is 4.14. The Bertz CT molecular complexity index is 660. The average molecular weight is 388 g/mol. The minimum Gasteiger partial charge on any atom is -0.470 e. The fraction of sp³-hybridized carbons (Fsp3) is 0.600. The number of nitrogens with zero attached hydrogens (tertiary/aromatic N) is 4. The Morgan fingerprint density at radius 3 is 2.76 bits per heavy atom. The molecule has 0 bridgehead atoms. The summed E-state index contributed by atoms with van der Waals surface area (Å²) in [4.78, 5) is 21.2. The molecule has 1 saturated heterocycles. The molecule has 1 aliphatic heterocycles. The lowest BCUT2D eigenvalue weighted by molar-refractivity contribution is 0.105. The Balaban J connectivity index is 1.58. The molecular formula is C15H18F2N4O2S2. The Morgan fingerprint density at radius 2 is 2.12 bits per heavy atom. The highest BCUT2D eigenvalue weighted by Gasteiger charge is 2.31. The molecule has 3 heterocycles. The number of piperidine rings is 1.